The van der Waals surface area contributed by atoms with Crippen LogP contribution in [-0.2, 0) is 4.74 Å². The number of aliphatic hydroxyl groups excluding tert-OH is 1. The summed E-state index contributed by atoms with van der Waals surface area (Å²) in [6, 6.07) is 0. The zero-order valence-electron chi connectivity index (χ0n) is 56.6. The van der Waals surface area contributed by atoms with Crippen LogP contribution in [0.15, 0.2) is 97.2 Å². The number of hydrogen-bond acceptors (Lipinski definition) is 3. The van der Waals surface area contributed by atoms with E-state index < -0.39 is 0 Å². The number of allylic oxidation sites excluding steroid dienone is 16. The van der Waals surface area contributed by atoms with Crippen LogP contribution < -0.4 is 0 Å². The molecule has 2 atom stereocenters. The monoisotopic (exact) mass is 1140 g/mol. The quantitative estimate of drug-likeness (QED) is 0.0487. The summed E-state index contributed by atoms with van der Waals surface area (Å²) in [6.45, 7) is 11.1. The summed E-state index contributed by atoms with van der Waals surface area (Å²) in [7, 11) is 4.32. The lowest BCUT2D eigenvalue weighted by Gasteiger charge is -2.19. The molecule has 0 heterocycles. The summed E-state index contributed by atoms with van der Waals surface area (Å²) < 4.78 is 6.39. The van der Waals surface area contributed by atoms with Gasteiger partial charge in [0.15, 0.2) is 0 Å². The van der Waals surface area contributed by atoms with Crippen molar-refractivity contribution in [1.29, 1.82) is 0 Å². The highest BCUT2D eigenvalue weighted by Crippen LogP contribution is 2.19. The lowest BCUT2D eigenvalue weighted by Crippen LogP contribution is -2.18. The van der Waals surface area contributed by atoms with Gasteiger partial charge in [-0.1, -0.05) is 305 Å². The molecule has 0 saturated carbocycles. The Kier molecular flexibility index (Phi) is 76.7. The molecule has 0 aliphatic rings. The van der Waals surface area contributed by atoms with Crippen molar-refractivity contribution < 1.29 is 9.84 Å². The number of rotatable bonds is 65. The summed E-state index contributed by atoms with van der Waals surface area (Å²) >= 11 is 0. The minimum atomic E-state index is -0.0633. The molecule has 0 aromatic heterocycles. The van der Waals surface area contributed by atoms with E-state index in [0.717, 1.165) is 58.1 Å². The Morgan fingerprint density at radius 1 is 0.268 bits per heavy atom. The molecule has 0 aromatic carbocycles. The number of hydrogen-bond donors (Lipinski definition) is 1. The maximum absolute atomic E-state index is 10.3. The van der Waals surface area contributed by atoms with Crippen LogP contribution in [0.25, 0.3) is 0 Å². The summed E-state index contributed by atoms with van der Waals surface area (Å²) in [5.41, 5.74) is 0. The highest BCUT2D eigenvalue weighted by atomic mass is 16.5. The summed E-state index contributed by atoms with van der Waals surface area (Å²) in [6.07, 6.45) is 106. The van der Waals surface area contributed by atoms with E-state index in [9.17, 15) is 5.11 Å². The van der Waals surface area contributed by atoms with Gasteiger partial charge in [-0.25, -0.2) is 0 Å². The second-order valence-corrected chi connectivity index (χ2v) is 24.8. The van der Waals surface area contributed by atoms with Gasteiger partial charge in [-0.15, -0.1) is 0 Å². The molecule has 0 saturated heterocycles. The minimum Gasteiger partial charge on any atom is -0.393 e. The average Bonchev–Trinajstić information content (AvgIpc) is 3.47. The van der Waals surface area contributed by atoms with E-state index in [-0.39, 0.29) is 6.10 Å². The topological polar surface area (TPSA) is 32.7 Å². The molecule has 0 amide bonds. The summed E-state index contributed by atoms with van der Waals surface area (Å²) in [5.74, 6) is 0. The molecule has 2 unspecified atom stereocenters. The molecule has 0 bridgehead atoms. The maximum atomic E-state index is 10.3. The number of unbranched alkanes of at least 4 members (excludes halogenated alkanes) is 36. The molecule has 480 valence electrons. The average molecular weight is 1140 g/mol. The van der Waals surface area contributed by atoms with Crippen molar-refractivity contribution >= 4 is 0 Å². The minimum absolute atomic E-state index is 0.0633. The molecule has 0 rings (SSSR count). The number of nitrogens with zero attached hydrogens (tertiary/aromatic N) is 1. The predicted molar refractivity (Wildman–Crippen MR) is 375 cm³/mol. The van der Waals surface area contributed by atoms with Crippen molar-refractivity contribution in [3.05, 3.63) is 97.2 Å². The van der Waals surface area contributed by atoms with Crippen LogP contribution in [0.3, 0.4) is 0 Å². The Hall–Kier alpha value is -2.20. The second kappa shape index (κ2) is 76.8. The number of ether oxygens (including phenoxy) is 1. The second-order valence-electron chi connectivity index (χ2n) is 24.8. The first-order valence-electron chi connectivity index (χ1n) is 36.7. The third-order valence-electron chi connectivity index (χ3n) is 16.0. The Morgan fingerprint density at radius 3 is 0.732 bits per heavy atom. The van der Waals surface area contributed by atoms with Crippen molar-refractivity contribution in [2.24, 2.45) is 0 Å². The van der Waals surface area contributed by atoms with Crippen molar-refractivity contribution in [3.8, 4) is 0 Å². The van der Waals surface area contributed by atoms with Gasteiger partial charge in [-0.05, 0) is 181 Å². The van der Waals surface area contributed by atoms with E-state index in [1.54, 1.807) is 0 Å². The van der Waals surface area contributed by atoms with Gasteiger partial charge in [0.1, 0.15) is 0 Å². The van der Waals surface area contributed by atoms with E-state index in [4.69, 9.17) is 4.74 Å². The van der Waals surface area contributed by atoms with E-state index in [0.29, 0.717) is 6.10 Å². The molecule has 3 heteroatoms. The number of aliphatic hydroxyl groups is 1. The fraction of sp³-hybridized carbons (Fsp3) is 0.797. The first-order chi connectivity index (χ1) is 40.5. The molecule has 0 spiro atoms. The van der Waals surface area contributed by atoms with Crippen LogP contribution in [0.1, 0.15) is 368 Å². The highest BCUT2D eigenvalue weighted by molar-refractivity contribution is 4.95. The first kappa shape index (κ1) is 81.9. The Balaban J connectivity index is 0. The van der Waals surface area contributed by atoms with Crippen molar-refractivity contribution in [2.75, 3.05) is 27.2 Å². The van der Waals surface area contributed by atoms with Gasteiger partial charge in [0.2, 0.25) is 0 Å². The van der Waals surface area contributed by atoms with Crippen LogP contribution >= 0.6 is 0 Å². The Morgan fingerprint density at radius 2 is 0.488 bits per heavy atom. The molecule has 0 fully saturated rings. The smallest absolute Gasteiger partial charge is 0.0575 e. The summed E-state index contributed by atoms with van der Waals surface area (Å²) in [5, 5.41) is 10.3. The third-order valence-corrected chi connectivity index (χ3v) is 16.0. The first-order valence-corrected chi connectivity index (χ1v) is 36.7. The van der Waals surface area contributed by atoms with Crippen LogP contribution in [-0.4, -0.2) is 49.5 Å². The lowest BCUT2D eigenvalue weighted by molar-refractivity contribution is 0.0342. The van der Waals surface area contributed by atoms with Gasteiger partial charge in [-0.3, -0.25) is 0 Å². The van der Waals surface area contributed by atoms with E-state index in [1.807, 2.05) is 0 Å². The zero-order valence-corrected chi connectivity index (χ0v) is 56.6. The molecular formula is C79H147NO2. The lowest BCUT2D eigenvalue weighted by atomic mass is 10.0. The van der Waals surface area contributed by atoms with Crippen molar-refractivity contribution in [2.45, 2.75) is 380 Å². The van der Waals surface area contributed by atoms with E-state index in [2.05, 4.69) is 144 Å². The van der Waals surface area contributed by atoms with E-state index in [1.165, 1.54) is 295 Å². The van der Waals surface area contributed by atoms with Gasteiger partial charge in [0.25, 0.3) is 0 Å². The van der Waals surface area contributed by atoms with E-state index >= 15 is 0 Å². The Labute approximate surface area is 516 Å². The summed E-state index contributed by atoms with van der Waals surface area (Å²) in [4.78, 5) is 2.27. The highest BCUT2D eigenvalue weighted by Gasteiger charge is 2.10. The molecule has 1 N–H and O–H groups in total. The molecule has 82 heavy (non-hydrogen) atoms. The largest absolute Gasteiger partial charge is 0.393 e. The fourth-order valence-electron chi connectivity index (χ4n) is 10.5. The zero-order chi connectivity index (χ0) is 59.6. The molecule has 0 aliphatic heterocycles. The van der Waals surface area contributed by atoms with Crippen LogP contribution in [0.4, 0.5) is 0 Å². The fourth-order valence-corrected chi connectivity index (χ4v) is 10.5. The predicted octanol–water partition coefficient (Wildman–Crippen LogP) is 26.5. The van der Waals surface area contributed by atoms with Gasteiger partial charge < -0.3 is 14.7 Å². The normalized spacial score (nSPS) is 13.2. The van der Waals surface area contributed by atoms with Crippen molar-refractivity contribution in [1.82, 2.24) is 4.90 Å². The molecule has 0 aliphatic carbocycles. The van der Waals surface area contributed by atoms with Gasteiger partial charge in [-0.2, -0.15) is 0 Å². The molecule has 0 radical (unpaired) electrons. The Bertz CT molecular complexity index is 1300. The van der Waals surface area contributed by atoms with Crippen LogP contribution in [0, 0.1) is 0 Å². The SMILES string of the molecule is CCCCC/C=C\C/C=C\CCCCCCCCC(CCCCCCCC/C=C/C/C=C/CCCCC)OCCCN(C)C.CCCCC/C=C\C/C=C\CCCCCCCCC(O)CCCCCCCC/C=C/C/C=C/CCCCC. The molecule has 3 nitrogen and oxygen atoms in total. The molecule has 0 aromatic rings. The van der Waals surface area contributed by atoms with Crippen LogP contribution in [0.5, 0.6) is 0 Å². The standard InChI is InChI=1S/C42H79NO.C37H68O/c1-5-7-9-11-13-15-17-19-21-23-25-27-29-31-33-35-38-42(44-41-37-40-43(3)4)39-36-34-32-30-28-26-24-22-20-18-16-14-12-10-8-6-2;1-3-5-7-9-11-13-15-17-19-21-23-25-27-29-31-33-35-37(38)36-34-32-30-28-26-24-22-20-18-16-14-12-10-8-6-4-2/h13-16,19-22,42H,5-12,17-18,23-41H2,1-4H3;11-14,17-20,37-38H,3-10,15-16,21-36H2,1-2H3/b15-13-,16-14+,21-19-,22-20+;13-11-,14-12+,19-17-,20-18+. The third kappa shape index (κ3) is 77.8. The van der Waals surface area contributed by atoms with Crippen LogP contribution in [0.2, 0.25) is 0 Å². The van der Waals surface area contributed by atoms with Crippen molar-refractivity contribution in [3.63, 3.8) is 0 Å². The van der Waals surface area contributed by atoms with Gasteiger partial charge in [0, 0.05) is 6.61 Å². The maximum Gasteiger partial charge on any atom is 0.0575 e. The molecular weight excluding hydrogens is 995 g/mol. The van der Waals surface area contributed by atoms with Gasteiger partial charge in [0.05, 0.1) is 12.2 Å². The van der Waals surface area contributed by atoms with Gasteiger partial charge >= 0.3 is 0 Å².